The standard InChI is InChI=1S/C19H27FO5/c1-4-19(2,3)18(23)25-12-8-6-5-7-11-24-14-9-10-15(17(21)22)16(20)13-14/h9-10,13H,4-8,11-12H2,1-3H3,(H,21,22). The van der Waals surface area contributed by atoms with Crippen molar-refractivity contribution in [3.63, 3.8) is 0 Å². The second-order valence-corrected chi connectivity index (χ2v) is 6.58. The highest BCUT2D eigenvalue weighted by atomic mass is 19.1. The van der Waals surface area contributed by atoms with Crippen LogP contribution in [0.15, 0.2) is 18.2 Å². The van der Waals surface area contributed by atoms with Crippen LogP contribution in [-0.4, -0.2) is 30.3 Å². The van der Waals surface area contributed by atoms with Crippen molar-refractivity contribution in [3.05, 3.63) is 29.6 Å². The van der Waals surface area contributed by atoms with Crippen molar-refractivity contribution in [2.45, 2.75) is 52.9 Å². The highest BCUT2D eigenvalue weighted by Crippen LogP contribution is 2.21. The van der Waals surface area contributed by atoms with E-state index in [4.69, 9.17) is 14.6 Å². The number of benzene rings is 1. The topological polar surface area (TPSA) is 72.8 Å². The Labute approximate surface area is 148 Å². The molecule has 0 aliphatic heterocycles. The van der Waals surface area contributed by atoms with Gasteiger partial charge in [-0.05, 0) is 58.1 Å². The maximum Gasteiger partial charge on any atom is 0.338 e. The average molecular weight is 354 g/mol. The first-order valence-electron chi connectivity index (χ1n) is 8.61. The fourth-order valence-corrected chi connectivity index (χ4v) is 2.01. The van der Waals surface area contributed by atoms with Crippen LogP contribution in [0.2, 0.25) is 0 Å². The zero-order valence-electron chi connectivity index (χ0n) is 15.1. The Balaban J connectivity index is 2.14. The molecule has 0 heterocycles. The molecular weight excluding hydrogens is 327 g/mol. The SMILES string of the molecule is CCC(C)(C)C(=O)OCCCCCCOc1ccc(C(=O)O)c(F)c1. The molecule has 0 aliphatic carbocycles. The number of halogens is 1. The monoisotopic (exact) mass is 354 g/mol. The Kier molecular flexibility index (Phi) is 8.38. The van der Waals surface area contributed by atoms with Gasteiger partial charge in [-0.3, -0.25) is 4.79 Å². The molecule has 0 aliphatic rings. The van der Waals surface area contributed by atoms with Crippen molar-refractivity contribution >= 4 is 11.9 Å². The van der Waals surface area contributed by atoms with Crippen LogP contribution in [-0.2, 0) is 9.53 Å². The molecule has 0 amide bonds. The first kappa shape index (κ1) is 20.9. The van der Waals surface area contributed by atoms with Crippen molar-refractivity contribution in [2.75, 3.05) is 13.2 Å². The first-order chi connectivity index (χ1) is 11.8. The number of aromatic carboxylic acids is 1. The number of ether oxygens (including phenoxy) is 2. The number of hydrogen-bond donors (Lipinski definition) is 1. The molecule has 0 fully saturated rings. The number of carboxylic acids is 1. The van der Waals surface area contributed by atoms with Crippen molar-refractivity contribution < 1.29 is 28.6 Å². The summed E-state index contributed by atoms with van der Waals surface area (Å²) in [7, 11) is 0. The quantitative estimate of drug-likeness (QED) is 0.470. The molecule has 1 aromatic rings. The summed E-state index contributed by atoms with van der Waals surface area (Å²) in [6.07, 6.45) is 4.15. The maximum atomic E-state index is 13.5. The number of rotatable bonds is 11. The zero-order valence-corrected chi connectivity index (χ0v) is 15.1. The molecule has 0 spiro atoms. The summed E-state index contributed by atoms with van der Waals surface area (Å²) in [5.74, 6) is -1.95. The smallest absolute Gasteiger partial charge is 0.338 e. The average Bonchev–Trinajstić information content (AvgIpc) is 2.56. The molecule has 0 bridgehead atoms. The molecule has 1 aromatic carbocycles. The second-order valence-electron chi connectivity index (χ2n) is 6.58. The van der Waals surface area contributed by atoms with E-state index in [1.165, 1.54) is 12.1 Å². The van der Waals surface area contributed by atoms with Crippen LogP contribution in [0.1, 0.15) is 63.2 Å². The largest absolute Gasteiger partial charge is 0.493 e. The van der Waals surface area contributed by atoms with E-state index in [2.05, 4.69) is 0 Å². The summed E-state index contributed by atoms with van der Waals surface area (Å²) in [6.45, 7) is 6.55. The van der Waals surface area contributed by atoms with Crippen molar-refractivity contribution in [2.24, 2.45) is 5.41 Å². The fraction of sp³-hybridized carbons (Fsp3) is 0.579. The van der Waals surface area contributed by atoms with Gasteiger partial charge in [0.25, 0.3) is 0 Å². The molecule has 1 rings (SSSR count). The van der Waals surface area contributed by atoms with E-state index in [9.17, 15) is 14.0 Å². The highest BCUT2D eigenvalue weighted by Gasteiger charge is 2.26. The van der Waals surface area contributed by atoms with E-state index >= 15 is 0 Å². The predicted molar refractivity (Wildman–Crippen MR) is 92.4 cm³/mol. The molecule has 6 heteroatoms. The second kappa shape index (κ2) is 10.0. The summed E-state index contributed by atoms with van der Waals surface area (Å²) in [5.41, 5.74) is -0.799. The van der Waals surface area contributed by atoms with Crippen LogP contribution >= 0.6 is 0 Å². The summed E-state index contributed by atoms with van der Waals surface area (Å²) < 4.78 is 24.2. The summed E-state index contributed by atoms with van der Waals surface area (Å²) in [6, 6.07) is 3.72. The lowest BCUT2D eigenvalue weighted by atomic mass is 9.91. The summed E-state index contributed by atoms with van der Waals surface area (Å²) >= 11 is 0. The zero-order chi connectivity index (χ0) is 18.9. The van der Waals surface area contributed by atoms with Gasteiger partial charge in [0.05, 0.1) is 24.2 Å². The number of carbonyl (C=O) groups is 2. The van der Waals surface area contributed by atoms with Gasteiger partial charge < -0.3 is 14.6 Å². The lowest BCUT2D eigenvalue weighted by molar-refractivity contribution is -0.154. The van der Waals surface area contributed by atoms with Crippen LogP contribution in [0, 0.1) is 11.2 Å². The number of carboxylic acid groups (broad SMARTS) is 1. The molecule has 0 radical (unpaired) electrons. The normalized spacial score (nSPS) is 11.2. The third kappa shape index (κ3) is 7.11. The Morgan fingerprint density at radius 1 is 1.12 bits per heavy atom. The molecule has 140 valence electrons. The van der Waals surface area contributed by atoms with E-state index in [-0.39, 0.29) is 11.5 Å². The van der Waals surface area contributed by atoms with Gasteiger partial charge in [0.1, 0.15) is 11.6 Å². The van der Waals surface area contributed by atoms with Crippen LogP contribution < -0.4 is 4.74 Å². The minimum absolute atomic E-state index is 0.162. The summed E-state index contributed by atoms with van der Waals surface area (Å²) in [4.78, 5) is 22.5. The Morgan fingerprint density at radius 2 is 1.76 bits per heavy atom. The lowest BCUT2D eigenvalue weighted by Gasteiger charge is -2.20. The van der Waals surface area contributed by atoms with E-state index in [1.807, 2.05) is 20.8 Å². The van der Waals surface area contributed by atoms with Crippen molar-refractivity contribution in [1.82, 2.24) is 0 Å². The number of unbranched alkanes of at least 4 members (excludes halogenated alkanes) is 3. The molecule has 0 unspecified atom stereocenters. The molecule has 0 aromatic heterocycles. The van der Waals surface area contributed by atoms with Crippen LogP contribution in [0.5, 0.6) is 5.75 Å². The van der Waals surface area contributed by atoms with E-state index in [0.29, 0.717) is 19.0 Å². The van der Waals surface area contributed by atoms with Crippen LogP contribution in [0.4, 0.5) is 4.39 Å². The molecule has 1 N–H and O–H groups in total. The van der Waals surface area contributed by atoms with Gasteiger partial charge in [0, 0.05) is 6.07 Å². The summed E-state index contributed by atoms with van der Waals surface area (Å²) in [5, 5.41) is 8.75. The molecule has 0 saturated carbocycles. The number of carbonyl (C=O) groups excluding carboxylic acids is 1. The molecule has 25 heavy (non-hydrogen) atoms. The van der Waals surface area contributed by atoms with E-state index < -0.39 is 17.2 Å². The molecule has 5 nitrogen and oxygen atoms in total. The van der Waals surface area contributed by atoms with Gasteiger partial charge in [-0.1, -0.05) is 6.92 Å². The number of hydrogen-bond acceptors (Lipinski definition) is 4. The van der Waals surface area contributed by atoms with E-state index in [1.54, 1.807) is 0 Å². The van der Waals surface area contributed by atoms with Gasteiger partial charge in [0.15, 0.2) is 0 Å². The van der Waals surface area contributed by atoms with Gasteiger partial charge >= 0.3 is 11.9 Å². The highest BCUT2D eigenvalue weighted by molar-refractivity contribution is 5.88. The third-order valence-electron chi connectivity index (χ3n) is 4.15. The minimum atomic E-state index is -1.30. The Morgan fingerprint density at radius 3 is 2.32 bits per heavy atom. The molecular formula is C19H27FO5. The Bertz CT molecular complexity index is 583. The van der Waals surface area contributed by atoms with Crippen molar-refractivity contribution in [3.8, 4) is 5.75 Å². The van der Waals surface area contributed by atoms with Crippen LogP contribution in [0.3, 0.4) is 0 Å². The van der Waals surface area contributed by atoms with Gasteiger partial charge in [-0.25, -0.2) is 9.18 Å². The van der Waals surface area contributed by atoms with Gasteiger partial charge in [0.2, 0.25) is 0 Å². The van der Waals surface area contributed by atoms with E-state index in [0.717, 1.165) is 38.2 Å². The predicted octanol–water partition coefficient (Wildman–Crippen LogP) is 4.44. The number of esters is 1. The van der Waals surface area contributed by atoms with Crippen LogP contribution in [0.25, 0.3) is 0 Å². The minimum Gasteiger partial charge on any atom is -0.493 e. The third-order valence-corrected chi connectivity index (χ3v) is 4.15. The first-order valence-corrected chi connectivity index (χ1v) is 8.61. The fourth-order valence-electron chi connectivity index (χ4n) is 2.01. The lowest BCUT2D eigenvalue weighted by Crippen LogP contribution is -2.26. The maximum absolute atomic E-state index is 13.5. The molecule has 0 saturated heterocycles. The molecule has 0 atom stereocenters. The van der Waals surface area contributed by atoms with Crippen molar-refractivity contribution in [1.29, 1.82) is 0 Å². The van der Waals surface area contributed by atoms with Gasteiger partial charge in [-0.15, -0.1) is 0 Å². The van der Waals surface area contributed by atoms with Gasteiger partial charge in [-0.2, -0.15) is 0 Å². The Hall–Kier alpha value is -2.11.